The molecule has 1 aromatic heterocycles. The van der Waals surface area contributed by atoms with Gasteiger partial charge in [-0.3, -0.25) is 0 Å². The highest BCUT2D eigenvalue weighted by Gasteiger charge is 2.13. The SMILES string of the molecule is C#Cc1cccc(Nc2ncnc3cc(OCCOC)c(OCCOCC)cc23)c1.Cl. The highest BCUT2D eigenvalue weighted by molar-refractivity contribution is 5.93. The van der Waals surface area contributed by atoms with E-state index in [0.717, 1.165) is 22.2 Å². The average molecular weight is 444 g/mol. The molecule has 1 heterocycles. The van der Waals surface area contributed by atoms with Crippen molar-refractivity contribution in [3.63, 3.8) is 0 Å². The lowest BCUT2D eigenvalue weighted by Gasteiger charge is -2.15. The average Bonchev–Trinajstić information content (AvgIpc) is 2.77. The molecule has 0 unspecified atom stereocenters. The second-order valence-corrected chi connectivity index (χ2v) is 6.28. The lowest BCUT2D eigenvalue weighted by molar-refractivity contribution is 0.106. The van der Waals surface area contributed by atoms with Gasteiger partial charge in [0.1, 0.15) is 25.4 Å². The summed E-state index contributed by atoms with van der Waals surface area (Å²) in [6, 6.07) is 11.3. The van der Waals surface area contributed by atoms with Crippen molar-refractivity contribution in [3.05, 3.63) is 48.3 Å². The molecule has 0 fully saturated rings. The van der Waals surface area contributed by atoms with Crippen LogP contribution in [0.25, 0.3) is 10.9 Å². The monoisotopic (exact) mass is 443 g/mol. The second kappa shape index (κ2) is 12.6. The summed E-state index contributed by atoms with van der Waals surface area (Å²) in [4.78, 5) is 8.78. The Balaban J connectivity index is 0.00000341. The topological polar surface area (TPSA) is 74.7 Å². The van der Waals surface area contributed by atoms with Crippen LogP contribution < -0.4 is 14.8 Å². The number of rotatable bonds is 11. The Kier molecular flexibility index (Phi) is 9.85. The van der Waals surface area contributed by atoms with E-state index in [1.165, 1.54) is 6.33 Å². The highest BCUT2D eigenvalue weighted by Crippen LogP contribution is 2.35. The third-order valence-electron chi connectivity index (χ3n) is 4.23. The molecule has 1 N–H and O–H groups in total. The van der Waals surface area contributed by atoms with Crippen LogP contribution in [0.15, 0.2) is 42.7 Å². The Hall–Kier alpha value is -3.05. The molecule has 0 atom stereocenters. The number of aromatic nitrogens is 2. The van der Waals surface area contributed by atoms with Crippen LogP contribution in [0, 0.1) is 12.3 Å². The van der Waals surface area contributed by atoms with E-state index in [1.807, 2.05) is 43.3 Å². The van der Waals surface area contributed by atoms with E-state index in [9.17, 15) is 0 Å². The normalized spacial score (nSPS) is 10.2. The maximum absolute atomic E-state index is 5.92. The van der Waals surface area contributed by atoms with Gasteiger partial charge in [0, 0.05) is 36.4 Å². The van der Waals surface area contributed by atoms with E-state index in [-0.39, 0.29) is 12.4 Å². The quantitative estimate of drug-likeness (QED) is 0.351. The Labute approximate surface area is 188 Å². The van der Waals surface area contributed by atoms with Crippen molar-refractivity contribution in [1.82, 2.24) is 9.97 Å². The fourth-order valence-electron chi connectivity index (χ4n) is 2.80. The minimum absolute atomic E-state index is 0. The van der Waals surface area contributed by atoms with Gasteiger partial charge in [-0.1, -0.05) is 12.0 Å². The van der Waals surface area contributed by atoms with Gasteiger partial charge in [0.15, 0.2) is 11.5 Å². The molecular formula is C23H26ClN3O4. The van der Waals surface area contributed by atoms with Crippen molar-refractivity contribution in [1.29, 1.82) is 0 Å². The number of terminal acetylenes is 1. The lowest BCUT2D eigenvalue weighted by Crippen LogP contribution is -2.09. The molecule has 0 spiro atoms. The van der Waals surface area contributed by atoms with Gasteiger partial charge in [0.05, 0.1) is 18.7 Å². The number of nitrogens with one attached hydrogen (secondary N) is 1. The number of hydrogen-bond acceptors (Lipinski definition) is 7. The fourth-order valence-corrected chi connectivity index (χ4v) is 2.80. The number of methoxy groups -OCH3 is 1. The number of fused-ring (bicyclic) bond motifs is 1. The van der Waals surface area contributed by atoms with Crippen molar-refractivity contribution in [2.75, 3.05) is 45.5 Å². The van der Waals surface area contributed by atoms with Gasteiger partial charge in [-0.2, -0.15) is 0 Å². The van der Waals surface area contributed by atoms with Crippen LogP contribution in [0.1, 0.15) is 12.5 Å². The van der Waals surface area contributed by atoms with Crippen molar-refractivity contribution >= 4 is 34.8 Å². The zero-order valence-corrected chi connectivity index (χ0v) is 18.4. The van der Waals surface area contributed by atoms with Crippen molar-refractivity contribution < 1.29 is 18.9 Å². The molecular weight excluding hydrogens is 418 g/mol. The van der Waals surface area contributed by atoms with Crippen LogP contribution in [0.2, 0.25) is 0 Å². The van der Waals surface area contributed by atoms with Crippen LogP contribution >= 0.6 is 12.4 Å². The van der Waals surface area contributed by atoms with E-state index in [0.29, 0.717) is 50.4 Å². The number of halogens is 1. The molecule has 0 aliphatic carbocycles. The van der Waals surface area contributed by atoms with Gasteiger partial charge in [0.25, 0.3) is 0 Å². The van der Waals surface area contributed by atoms with E-state index in [4.69, 9.17) is 25.4 Å². The van der Waals surface area contributed by atoms with E-state index < -0.39 is 0 Å². The predicted octanol–water partition coefficient (Wildman–Crippen LogP) is 4.22. The Bertz CT molecular complexity index is 1020. The van der Waals surface area contributed by atoms with E-state index >= 15 is 0 Å². The number of nitrogens with zero attached hydrogens (tertiary/aromatic N) is 2. The highest BCUT2D eigenvalue weighted by atomic mass is 35.5. The molecule has 0 aliphatic heterocycles. The molecule has 164 valence electrons. The maximum atomic E-state index is 5.92. The molecule has 0 bridgehead atoms. The fraction of sp³-hybridized carbons (Fsp3) is 0.304. The second-order valence-electron chi connectivity index (χ2n) is 6.28. The zero-order chi connectivity index (χ0) is 21.2. The molecule has 2 aromatic carbocycles. The molecule has 0 aliphatic rings. The molecule has 8 heteroatoms. The number of anilines is 2. The molecule has 3 rings (SSSR count). The summed E-state index contributed by atoms with van der Waals surface area (Å²) >= 11 is 0. The summed E-state index contributed by atoms with van der Waals surface area (Å²) in [5.41, 5.74) is 2.35. The van der Waals surface area contributed by atoms with Crippen LogP contribution in [-0.2, 0) is 9.47 Å². The third kappa shape index (κ3) is 6.72. The summed E-state index contributed by atoms with van der Waals surface area (Å²) in [5, 5.41) is 4.11. The molecule has 31 heavy (non-hydrogen) atoms. The van der Waals surface area contributed by atoms with Crippen LogP contribution in [0.3, 0.4) is 0 Å². The predicted molar refractivity (Wildman–Crippen MR) is 124 cm³/mol. The first-order chi connectivity index (χ1) is 14.7. The van der Waals surface area contributed by atoms with Gasteiger partial charge in [0.2, 0.25) is 0 Å². The lowest BCUT2D eigenvalue weighted by atomic mass is 10.2. The Morgan fingerprint density at radius 1 is 1.00 bits per heavy atom. The van der Waals surface area contributed by atoms with Crippen LogP contribution in [0.4, 0.5) is 11.5 Å². The molecule has 0 amide bonds. The summed E-state index contributed by atoms with van der Waals surface area (Å²) in [6.07, 6.45) is 7.01. The van der Waals surface area contributed by atoms with Crippen molar-refractivity contribution in [3.8, 4) is 23.8 Å². The van der Waals surface area contributed by atoms with Gasteiger partial charge < -0.3 is 24.3 Å². The summed E-state index contributed by atoms with van der Waals surface area (Å²) in [5.74, 6) is 4.46. The summed E-state index contributed by atoms with van der Waals surface area (Å²) in [7, 11) is 1.63. The van der Waals surface area contributed by atoms with Crippen molar-refractivity contribution in [2.24, 2.45) is 0 Å². The largest absolute Gasteiger partial charge is 0.487 e. The van der Waals surface area contributed by atoms with E-state index in [2.05, 4.69) is 21.2 Å². The van der Waals surface area contributed by atoms with Crippen molar-refractivity contribution in [2.45, 2.75) is 6.92 Å². The minimum Gasteiger partial charge on any atom is -0.487 e. The number of ether oxygens (including phenoxy) is 4. The summed E-state index contributed by atoms with van der Waals surface area (Å²) in [6.45, 7) is 4.34. The molecule has 0 saturated carbocycles. The minimum atomic E-state index is 0. The Morgan fingerprint density at radius 3 is 2.52 bits per heavy atom. The zero-order valence-electron chi connectivity index (χ0n) is 17.6. The van der Waals surface area contributed by atoms with Gasteiger partial charge >= 0.3 is 0 Å². The first-order valence-corrected chi connectivity index (χ1v) is 9.70. The number of hydrogen-bond donors (Lipinski definition) is 1. The van der Waals surface area contributed by atoms with Crippen LogP contribution in [0.5, 0.6) is 11.5 Å². The molecule has 3 aromatic rings. The first kappa shape index (κ1) is 24.2. The summed E-state index contributed by atoms with van der Waals surface area (Å²) < 4.78 is 22.2. The smallest absolute Gasteiger partial charge is 0.163 e. The van der Waals surface area contributed by atoms with E-state index in [1.54, 1.807) is 7.11 Å². The molecule has 0 radical (unpaired) electrons. The number of benzene rings is 2. The Morgan fingerprint density at radius 2 is 1.77 bits per heavy atom. The maximum Gasteiger partial charge on any atom is 0.163 e. The molecule has 0 saturated heterocycles. The molecule has 7 nitrogen and oxygen atoms in total. The van der Waals surface area contributed by atoms with Gasteiger partial charge in [-0.25, -0.2) is 9.97 Å². The third-order valence-corrected chi connectivity index (χ3v) is 4.23. The standard InChI is InChI=1S/C23H25N3O4.ClH/c1-4-17-7-6-8-18(13-17)26-23-19-14-21(30-12-10-28-5-2)22(29-11-9-27-3)15-20(19)24-16-25-23;/h1,6-8,13-16H,5,9-12H2,2-3H3,(H,24,25,26);1H. The van der Waals surface area contributed by atoms with Gasteiger partial charge in [-0.15, -0.1) is 18.8 Å². The van der Waals surface area contributed by atoms with Gasteiger partial charge in [-0.05, 0) is 31.2 Å². The first-order valence-electron chi connectivity index (χ1n) is 9.70. The van der Waals surface area contributed by atoms with Crippen LogP contribution in [-0.4, -0.2) is 50.1 Å².